The van der Waals surface area contributed by atoms with E-state index in [-0.39, 0.29) is 18.0 Å². The van der Waals surface area contributed by atoms with Crippen molar-refractivity contribution in [2.24, 2.45) is 5.92 Å². The highest BCUT2D eigenvalue weighted by atomic mass is 32.2. The SMILES string of the molecule is CC1CN(S(C)(=O)=O)CCC1Nc1ncc(-c2nc(C#N)cs2)c(N[C@@H]2CCC[C@@]2(C)O)n1. The number of nitriles is 1. The van der Waals surface area contributed by atoms with Gasteiger partial charge in [0.25, 0.3) is 0 Å². The lowest BCUT2D eigenvalue weighted by Crippen LogP contribution is -2.47. The molecule has 10 nitrogen and oxygen atoms in total. The van der Waals surface area contributed by atoms with Gasteiger partial charge in [-0.25, -0.2) is 22.7 Å². The average molecular weight is 492 g/mol. The van der Waals surface area contributed by atoms with Crippen LogP contribution < -0.4 is 10.6 Å². The number of hydrogen-bond acceptors (Lipinski definition) is 10. The Morgan fingerprint density at radius 1 is 1.33 bits per heavy atom. The highest BCUT2D eigenvalue weighted by Gasteiger charge is 2.37. The van der Waals surface area contributed by atoms with E-state index in [9.17, 15) is 13.5 Å². The summed E-state index contributed by atoms with van der Waals surface area (Å²) in [6.07, 6.45) is 6.02. The third-order valence-corrected chi connectivity index (χ3v) is 8.67. The fourth-order valence-electron chi connectivity index (χ4n) is 4.50. The summed E-state index contributed by atoms with van der Waals surface area (Å²) in [7, 11) is -3.21. The molecule has 1 aliphatic heterocycles. The van der Waals surface area contributed by atoms with Crippen molar-refractivity contribution >= 4 is 33.1 Å². The molecule has 3 heterocycles. The molecule has 4 rings (SSSR count). The van der Waals surface area contributed by atoms with Gasteiger partial charge in [0.05, 0.1) is 23.5 Å². The van der Waals surface area contributed by atoms with Crippen LogP contribution in [0.15, 0.2) is 11.6 Å². The molecule has 0 spiro atoms. The van der Waals surface area contributed by atoms with Crippen LogP contribution in [0.25, 0.3) is 10.6 Å². The quantitative estimate of drug-likeness (QED) is 0.554. The smallest absolute Gasteiger partial charge is 0.224 e. The van der Waals surface area contributed by atoms with E-state index in [0.717, 1.165) is 12.8 Å². The third-order valence-electron chi connectivity index (χ3n) is 6.53. The number of nitrogens with zero attached hydrogens (tertiary/aromatic N) is 5. The zero-order valence-corrected chi connectivity index (χ0v) is 20.6. The molecule has 0 aromatic carbocycles. The van der Waals surface area contributed by atoms with Crippen LogP contribution in [0.4, 0.5) is 11.8 Å². The molecule has 1 aliphatic carbocycles. The third kappa shape index (κ3) is 5.27. The van der Waals surface area contributed by atoms with Crippen LogP contribution in [0, 0.1) is 17.2 Å². The summed E-state index contributed by atoms with van der Waals surface area (Å²) in [4.78, 5) is 13.6. The van der Waals surface area contributed by atoms with E-state index in [1.54, 1.807) is 11.6 Å². The number of rotatable bonds is 6. The van der Waals surface area contributed by atoms with Gasteiger partial charge in [-0.05, 0) is 38.5 Å². The number of aromatic nitrogens is 3. The molecule has 0 bridgehead atoms. The molecular formula is C21H29N7O3S2. The highest BCUT2D eigenvalue weighted by Crippen LogP contribution is 2.36. The van der Waals surface area contributed by atoms with E-state index in [1.807, 2.05) is 19.9 Å². The van der Waals surface area contributed by atoms with Gasteiger partial charge in [0, 0.05) is 30.7 Å². The van der Waals surface area contributed by atoms with Crippen LogP contribution in [0.5, 0.6) is 0 Å². The number of anilines is 2. The van der Waals surface area contributed by atoms with Gasteiger partial charge in [-0.1, -0.05) is 6.92 Å². The Bertz CT molecular complexity index is 1160. The van der Waals surface area contributed by atoms with Crippen LogP contribution in [0.1, 0.15) is 45.2 Å². The lowest BCUT2D eigenvalue weighted by molar-refractivity contribution is 0.0577. The van der Waals surface area contributed by atoms with Gasteiger partial charge in [0.2, 0.25) is 16.0 Å². The zero-order chi connectivity index (χ0) is 23.8. The molecular weight excluding hydrogens is 462 g/mol. The van der Waals surface area contributed by atoms with Crippen LogP contribution in [0.3, 0.4) is 0 Å². The molecule has 2 aromatic heterocycles. The number of nitrogens with one attached hydrogen (secondary N) is 2. The van der Waals surface area contributed by atoms with Gasteiger partial charge in [-0.3, -0.25) is 0 Å². The van der Waals surface area contributed by atoms with Gasteiger partial charge < -0.3 is 15.7 Å². The van der Waals surface area contributed by atoms with Crippen molar-refractivity contribution in [1.29, 1.82) is 5.26 Å². The summed E-state index contributed by atoms with van der Waals surface area (Å²) in [5.74, 6) is 1.07. The standard InChI is InChI=1S/C21H29N7O3S2/c1-13-11-28(33(3,30)31)8-6-16(13)25-20-23-10-15(19-24-14(9-22)12-32-19)18(27-20)26-17-5-4-7-21(17,2)29/h10,12-13,16-17,29H,4-8,11H2,1-3H3,(H2,23,25,26,27)/t13?,16?,17-,21-/m1/s1. The lowest BCUT2D eigenvalue weighted by Gasteiger charge is -2.36. The Hall–Kier alpha value is -2.33. The molecule has 2 fully saturated rings. The maximum atomic E-state index is 11.9. The van der Waals surface area contributed by atoms with Crippen molar-refractivity contribution in [3.63, 3.8) is 0 Å². The van der Waals surface area contributed by atoms with Crippen molar-refractivity contribution in [3.05, 3.63) is 17.3 Å². The van der Waals surface area contributed by atoms with Crippen molar-refractivity contribution in [1.82, 2.24) is 19.3 Å². The van der Waals surface area contributed by atoms with E-state index >= 15 is 0 Å². The first kappa shape index (κ1) is 23.8. The normalized spacial score (nSPS) is 28.4. The Morgan fingerprint density at radius 2 is 2.12 bits per heavy atom. The minimum Gasteiger partial charge on any atom is -0.388 e. The predicted molar refractivity (Wildman–Crippen MR) is 127 cm³/mol. The molecule has 33 heavy (non-hydrogen) atoms. The Labute approximate surface area is 198 Å². The predicted octanol–water partition coefficient (Wildman–Crippen LogP) is 2.27. The molecule has 1 saturated carbocycles. The summed E-state index contributed by atoms with van der Waals surface area (Å²) in [5, 5.41) is 29.0. The van der Waals surface area contributed by atoms with Crippen molar-refractivity contribution in [3.8, 4) is 16.6 Å². The van der Waals surface area contributed by atoms with Crippen LogP contribution >= 0.6 is 11.3 Å². The van der Waals surface area contributed by atoms with E-state index in [2.05, 4.69) is 20.6 Å². The number of thiazole rings is 1. The average Bonchev–Trinajstić information content (AvgIpc) is 3.35. The fourth-order valence-corrected chi connectivity index (χ4v) is 6.20. The molecule has 2 unspecified atom stereocenters. The van der Waals surface area contributed by atoms with E-state index < -0.39 is 15.6 Å². The maximum Gasteiger partial charge on any atom is 0.224 e. The first-order valence-electron chi connectivity index (χ1n) is 11.0. The maximum absolute atomic E-state index is 11.9. The molecule has 3 N–H and O–H groups in total. The molecule has 4 atom stereocenters. The first-order valence-corrected chi connectivity index (χ1v) is 13.7. The van der Waals surface area contributed by atoms with Gasteiger partial charge >= 0.3 is 0 Å². The summed E-state index contributed by atoms with van der Waals surface area (Å²) in [5.41, 5.74) is 0.168. The minimum absolute atomic E-state index is 0.0290. The molecule has 2 aromatic rings. The van der Waals surface area contributed by atoms with Gasteiger partial charge in [0.1, 0.15) is 16.9 Å². The topological polar surface area (TPSA) is 144 Å². The van der Waals surface area contributed by atoms with Crippen molar-refractivity contribution < 1.29 is 13.5 Å². The highest BCUT2D eigenvalue weighted by molar-refractivity contribution is 7.88. The molecule has 12 heteroatoms. The zero-order valence-electron chi connectivity index (χ0n) is 18.9. The molecule has 178 valence electrons. The first-order chi connectivity index (χ1) is 15.6. The Kier molecular flexibility index (Phi) is 6.59. The summed E-state index contributed by atoms with van der Waals surface area (Å²) in [6, 6.07) is 1.91. The molecule has 0 radical (unpaired) electrons. The summed E-state index contributed by atoms with van der Waals surface area (Å²) < 4.78 is 25.3. The van der Waals surface area contributed by atoms with Crippen LogP contribution in [-0.2, 0) is 10.0 Å². The van der Waals surface area contributed by atoms with Gasteiger partial charge in [-0.2, -0.15) is 10.2 Å². The summed E-state index contributed by atoms with van der Waals surface area (Å²) in [6.45, 7) is 4.73. The van der Waals surface area contributed by atoms with E-state index in [4.69, 9.17) is 10.2 Å². The fraction of sp³-hybridized carbons (Fsp3) is 0.619. The minimum atomic E-state index is -3.21. The largest absolute Gasteiger partial charge is 0.388 e. The number of aliphatic hydroxyl groups is 1. The molecule has 0 amide bonds. The lowest BCUT2D eigenvalue weighted by atomic mass is 9.95. The van der Waals surface area contributed by atoms with Gasteiger partial charge in [-0.15, -0.1) is 11.3 Å². The summed E-state index contributed by atoms with van der Waals surface area (Å²) >= 11 is 1.34. The Morgan fingerprint density at radius 3 is 2.73 bits per heavy atom. The van der Waals surface area contributed by atoms with Crippen LogP contribution in [0.2, 0.25) is 0 Å². The van der Waals surface area contributed by atoms with Crippen molar-refractivity contribution in [2.75, 3.05) is 30.0 Å². The van der Waals surface area contributed by atoms with E-state index in [1.165, 1.54) is 21.9 Å². The number of piperidine rings is 1. The molecule has 1 saturated heterocycles. The van der Waals surface area contributed by atoms with Crippen LogP contribution in [-0.4, -0.2) is 69.8 Å². The second kappa shape index (κ2) is 9.13. The Balaban J connectivity index is 1.59. The number of hydrogen-bond donors (Lipinski definition) is 3. The van der Waals surface area contributed by atoms with Crippen molar-refractivity contribution in [2.45, 2.75) is 57.2 Å². The second-order valence-corrected chi connectivity index (χ2v) is 12.0. The van der Waals surface area contributed by atoms with E-state index in [0.29, 0.717) is 54.0 Å². The number of sulfonamides is 1. The monoisotopic (exact) mass is 491 g/mol. The molecule has 2 aliphatic rings. The second-order valence-electron chi connectivity index (χ2n) is 9.19. The van der Waals surface area contributed by atoms with Gasteiger partial charge in [0.15, 0.2) is 5.69 Å².